The number of cyclic esters (lactones) is 1. The molecule has 4 rings (SSSR count). The number of imide groups is 1. The van der Waals surface area contributed by atoms with Crippen molar-refractivity contribution in [2.75, 3.05) is 0 Å². The highest BCUT2D eigenvalue weighted by molar-refractivity contribution is 6.21. The van der Waals surface area contributed by atoms with Crippen molar-refractivity contribution < 1.29 is 19.1 Å². The second-order valence-corrected chi connectivity index (χ2v) is 5.31. The molecule has 0 saturated heterocycles. The SMILES string of the molecule is O=C1OCc2ccc(CN3C(=O)c4ccccc4C3=O)cc21. The highest BCUT2D eigenvalue weighted by atomic mass is 16.5. The van der Waals surface area contributed by atoms with Crippen molar-refractivity contribution in [2.24, 2.45) is 0 Å². The van der Waals surface area contributed by atoms with Gasteiger partial charge in [0.05, 0.1) is 23.2 Å². The van der Waals surface area contributed by atoms with Gasteiger partial charge in [0.25, 0.3) is 11.8 Å². The Hall–Kier alpha value is -2.95. The van der Waals surface area contributed by atoms with Gasteiger partial charge in [0.15, 0.2) is 0 Å². The molecule has 0 bridgehead atoms. The van der Waals surface area contributed by atoms with Crippen LogP contribution in [0.15, 0.2) is 42.5 Å². The highest BCUT2D eigenvalue weighted by Crippen LogP contribution is 2.26. The third kappa shape index (κ3) is 1.75. The van der Waals surface area contributed by atoms with E-state index >= 15 is 0 Å². The molecule has 2 aliphatic rings. The van der Waals surface area contributed by atoms with Crippen LogP contribution in [-0.4, -0.2) is 22.7 Å². The topological polar surface area (TPSA) is 63.7 Å². The Morgan fingerprint density at radius 1 is 0.909 bits per heavy atom. The lowest BCUT2D eigenvalue weighted by atomic mass is 10.1. The largest absolute Gasteiger partial charge is 0.457 e. The third-order valence-corrected chi connectivity index (χ3v) is 3.97. The maximum absolute atomic E-state index is 12.3. The number of fused-ring (bicyclic) bond motifs is 2. The van der Waals surface area contributed by atoms with Crippen LogP contribution in [0.3, 0.4) is 0 Å². The summed E-state index contributed by atoms with van der Waals surface area (Å²) in [5.41, 5.74) is 2.92. The van der Waals surface area contributed by atoms with E-state index in [0.717, 1.165) is 11.1 Å². The zero-order valence-corrected chi connectivity index (χ0v) is 11.5. The number of nitrogens with zero attached hydrogens (tertiary/aromatic N) is 1. The van der Waals surface area contributed by atoms with Crippen LogP contribution in [0.5, 0.6) is 0 Å². The van der Waals surface area contributed by atoms with Gasteiger partial charge in [-0.1, -0.05) is 24.3 Å². The van der Waals surface area contributed by atoms with Crippen molar-refractivity contribution in [2.45, 2.75) is 13.2 Å². The minimum absolute atomic E-state index is 0.146. The number of amides is 2. The smallest absolute Gasteiger partial charge is 0.338 e. The first-order chi connectivity index (χ1) is 10.6. The molecule has 0 radical (unpaired) electrons. The molecule has 0 atom stereocenters. The summed E-state index contributed by atoms with van der Waals surface area (Å²) in [4.78, 5) is 37.4. The Morgan fingerprint density at radius 2 is 1.59 bits per heavy atom. The first-order valence-corrected chi connectivity index (χ1v) is 6.89. The van der Waals surface area contributed by atoms with Crippen molar-refractivity contribution in [3.05, 3.63) is 70.3 Å². The molecule has 2 aromatic carbocycles. The van der Waals surface area contributed by atoms with Crippen LogP contribution in [-0.2, 0) is 17.9 Å². The summed E-state index contributed by atoms with van der Waals surface area (Å²) in [5.74, 6) is -0.966. The van der Waals surface area contributed by atoms with Gasteiger partial charge >= 0.3 is 5.97 Å². The van der Waals surface area contributed by atoms with Gasteiger partial charge in [0, 0.05) is 5.56 Å². The van der Waals surface area contributed by atoms with E-state index in [0.29, 0.717) is 16.7 Å². The van der Waals surface area contributed by atoms with Crippen LogP contribution in [0.4, 0.5) is 0 Å². The molecule has 2 amide bonds. The minimum atomic E-state index is -0.362. The number of benzene rings is 2. The van der Waals surface area contributed by atoms with Crippen LogP contribution in [0.2, 0.25) is 0 Å². The molecule has 0 fully saturated rings. The number of hydrogen-bond acceptors (Lipinski definition) is 4. The van der Waals surface area contributed by atoms with Crippen molar-refractivity contribution >= 4 is 17.8 Å². The van der Waals surface area contributed by atoms with E-state index in [1.165, 1.54) is 4.90 Å². The summed E-state index contributed by atoms with van der Waals surface area (Å²) in [5, 5.41) is 0. The molecule has 108 valence electrons. The molecule has 0 aliphatic carbocycles. The molecular formula is C17H11NO4. The fraction of sp³-hybridized carbons (Fsp3) is 0.118. The predicted molar refractivity (Wildman–Crippen MR) is 76.2 cm³/mol. The van der Waals surface area contributed by atoms with Gasteiger partial charge in [-0.25, -0.2) is 4.79 Å². The van der Waals surface area contributed by atoms with Crippen molar-refractivity contribution in [1.82, 2.24) is 4.90 Å². The fourth-order valence-corrected chi connectivity index (χ4v) is 2.82. The van der Waals surface area contributed by atoms with E-state index in [2.05, 4.69) is 0 Å². The Labute approximate surface area is 126 Å². The Bertz CT molecular complexity index is 805. The van der Waals surface area contributed by atoms with Gasteiger partial charge in [0.1, 0.15) is 6.61 Å². The van der Waals surface area contributed by atoms with Gasteiger partial charge in [-0.15, -0.1) is 0 Å². The molecule has 5 heteroatoms. The number of hydrogen-bond donors (Lipinski definition) is 0. The fourth-order valence-electron chi connectivity index (χ4n) is 2.82. The molecule has 5 nitrogen and oxygen atoms in total. The van der Waals surface area contributed by atoms with Gasteiger partial charge in [-0.2, -0.15) is 0 Å². The summed E-state index contributed by atoms with van der Waals surface area (Å²) in [6.07, 6.45) is 0. The number of carbonyl (C=O) groups excluding carboxylic acids is 3. The molecule has 0 unspecified atom stereocenters. The number of carbonyl (C=O) groups is 3. The zero-order valence-electron chi connectivity index (χ0n) is 11.5. The average molecular weight is 293 g/mol. The van der Waals surface area contributed by atoms with Crippen molar-refractivity contribution in [1.29, 1.82) is 0 Å². The Kier molecular flexibility index (Phi) is 2.63. The molecule has 2 aromatic rings. The summed E-state index contributed by atoms with van der Waals surface area (Å²) in [6, 6.07) is 12.1. The first-order valence-electron chi connectivity index (χ1n) is 6.89. The van der Waals surface area contributed by atoms with E-state index in [9.17, 15) is 14.4 Å². The average Bonchev–Trinajstić information content (AvgIpc) is 3.02. The molecule has 0 N–H and O–H groups in total. The molecule has 0 spiro atoms. The second-order valence-electron chi connectivity index (χ2n) is 5.31. The van der Waals surface area contributed by atoms with E-state index in [1.807, 2.05) is 6.07 Å². The monoisotopic (exact) mass is 293 g/mol. The van der Waals surface area contributed by atoms with Crippen LogP contribution in [0, 0.1) is 0 Å². The van der Waals surface area contributed by atoms with Crippen LogP contribution < -0.4 is 0 Å². The van der Waals surface area contributed by atoms with Gasteiger partial charge in [0.2, 0.25) is 0 Å². The highest BCUT2D eigenvalue weighted by Gasteiger charge is 2.35. The van der Waals surface area contributed by atoms with E-state index < -0.39 is 0 Å². The molecule has 22 heavy (non-hydrogen) atoms. The maximum Gasteiger partial charge on any atom is 0.338 e. The van der Waals surface area contributed by atoms with E-state index in [-0.39, 0.29) is 30.9 Å². The lowest BCUT2D eigenvalue weighted by molar-refractivity contribution is 0.0534. The van der Waals surface area contributed by atoms with Crippen LogP contribution in [0.1, 0.15) is 42.2 Å². The summed E-state index contributed by atoms with van der Waals surface area (Å²) in [7, 11) is 0. The zero-order chi connectivity index (χ0) is 15.3. The summed E-state index contributed by atoms with van der Waals surface area (Å²) >= 11 is 0. The van der Waals surface area contributed by atoms with Crippen molar-refractivity contribution in [3.63, 3.8) is 0 Å². The maximum atomic E-state index is 12.3. The molecule has 2 heterocycles. The second kappa shape index (κ2) is 4.53. The van der Waals surface area contributed by atoms with Crippen LogP contribution >= 0.6 is 0 Å². The number of rotatable bonds is 2. The van der Waals surface area contributed by atoms with Crippen molar-refractivity contribution in [3.8, 4) is 0 Å². The van der Waals surface area contributed by atoms with E-state index in [4.69, 9.17) is 4.74 Å². The van der Waals surface area contributed by atoms with Gasteiger partial charge in [-0.3, -0.25) is 14.5 Å². The van der Waals surface area contributed by atoms with Gasteiger partial charge < -0.3 is 4.74 Å². The first kappa shape index (κ1) is 12.8. The molecule has 2 aliphatic heterocycles. The lowest BCUT2D eigenvalue weighted by Gasteiger charge is -2.14. The number of ether oxygens (including phenoxy) is 1. The van der Waals surface area contributed by atoms with Gasteiger partial charge in [-0.05, 0) is 23.8 Å². The number of esters is 1. The van der Waals surface area contributed by atoms with Crippen LogP contribution in [0.25, 0.3) is 0 Å². The molecular weight excluding hydrogens is 282 g/mol. The lowest BCUT2D eigenvalue weighted by Crippen LogP contribution is -2.29. The minimum Gasteiger partial charge on any atom is -0.457 e. The molecule has 0 aromatic heterocycles. The Morgan fingerprint density at radius 3 is 2.27 bits per heavy atom. The molecule has 0 saturated carbocycles. The quantitative estimate of drug-likeness (QED) is 0.628. The summed E-state index contributed by atoms with van der Waals surface area (Å²) < 4.78 is 4.95. The van der Waals surface area contributed by atoms with E-state index in [1.54, 1.807) is 36.4 Å². The third-order valence-electron chi connectivity index (χ3n) is 3.97. The summed E-state index contributed by atoms with van der Waals surface area (Å²) in [6.45, 7) is 0.425. The predicted octanol–water partition coefficient (Wildman–Crippen LogP) is 2.15. The standard InChI is InChI=1S/C17H11NO4/c19-15-12-3-1-2-4-13(12)16(20)18(15)8-10-5-6-11-9-22-17(21)14(11)7-10/h1-7H,8-9H2. The normalized spacial score (nSPS) is 15.8. The Balaban J connectivity index is 1.66.